The Hall–Kier alpha value is -1.31. The van der Waals surface area contributed by atoms with Gasteiger partial charge in [-0.3, -0.25) is 4.79 Å². The molecule has 17 heavy (non-hydrogen) atoms. The number of carbonyl (C=O) groups is 1. The summed E-state index contributed by atoms with van der Waals surface area (Å²) >= 11 is 0. The molecule has 2 heteroatoms. The van der Waals surface area contributed by atoms with Crippen molar-refractivity contribution in [2.24, 2.45) is 5.41 Å². The number of ketones is 1. The van der Waals surface area contributed by atoms with Crippen molar-refractivity contribution in [3.63, 3.8) is 0 Å². The molecular weight excluding hydrogens is 212 g/mol. The summed E-state index contributed by atoms with van der Waals surface area (Å²) in [7, 11) is 1.67. The summed E-state index contributed by atoms with van der Waals surface area (Å²) < 4.78 is 5.33. The van der Waals surface area contributed by atoms with Gasteiger partial charge in [-0.1, -0.05) is 39.8 Å². The fraction of sp³-hybridized carbons (Fsp3) is 0.533. The smallest absolute Gasteiger partial charge is 0.142 e. The van der Waals surface area contributed by atoms with Gasteiger partial charge in [-0.25, -0.2) is 0 Å². The predicted molar refractivity (Wildman–Crippen MR) is 70.5 cm³/mol. The van der Waals surface area contributed by atoms with E-state index < -0.39 is 0 Å². The maximum Gasteiger partial charge on any atom is 0.142 e. The van der Waals surface area contributed by atoms with E-state index in [4.69, 9.17) is 4.74 Å². The van der Waals surface area contributed by atoms with Crippen LogP contribution in [0.4, 0.5) is 0 Å². The van der Waals surface area contributed by atoms with Crippen molar-refractivity contribution >= 4 is 5.78 Å². The van der Waals surface area contributed by atoms with Crippen LogP contribution in [0, 0.1) is 5.41 Å². The Morgan fingerprint density at radius 2 is 1.94 bits per heavy atom. The van der Waals surface area contributed by atoms with Gasteiger partial charge in [0.2, 0.25) is 0 Å². The summed E-state index contributed by atoms with van der Waals surface area (Å²) in [5.74, 6) is 1.15. The van der Waals surface area contributed by atoms with Crippen LogP contribution < -0.4 is 4.74 Å². The summed E-state index contributed by atoms with van der Waals surface area (Å²) in [4.78, 5) is 12.1. The minimum absolute atomic E-state index is 0.264. The molecule has 0 N–H and O–H groups in total. The summed E-state index contributed by atoms with van der Waals surface area (Å²) in [6.07, 6.45) is 1.38. The first-order valence-electron chi connectivity index (χ1n) is 6.08. The average molecular weight is 234 g/mol. The Morgan fingerprint density at radius 1 is 1.29 bits per heavy atom. The number of hydrogen-bond donors (Lipinski definition) is 0. The van der Waals surface area contributed by atoms with E-state index >= 15 is 0 Å². The number of Topliss-reactive ketones (excluding diaryl/α,β-unsaturated/α-hetero) is 1. The highest BCUT2D eigenvalue weighted by molar-refractivity contribution is 5.86. The second-order valence-corrected chi connectivity index (χ2v) is 5.30. The van der Waals surface area contributed by atoms with Crippen molar-refractivity contribution in [1.29, 1.82) is 0 Å². The molecule has 0 aliphatic carbocycles. The van der Waals surface area contributed by atoms with Crippen LogP contribution in [-0.4, -0.2) is 12.9 Å². The maximum atomic E-state index is 12.1. The van der Waals surface area contributed by atoms with Crippen LogP contribution in [0.3, 0.4) is 0 Å². The van der Waals surface area contributed by atoms with Gasteiger partial charge in [0, 0.05) is 11.8 Å². The van der Waals surface area contributed by atoms with Gasteiger partial charge in [0.15, 0.2) is 0 Å². The monoisotopic (exact) mass is 234 g/mol. The van der Waals surface area contributed by atoms with Crippen LogP contribution in [-0.2, 0) is 17.6 Å². The van der Waals surface area contributed by atoms with Crippen LogP contribution in [0.15, 0.2) is 18.2 Å². The van der Waals surface area contributed by atoms with E-state index in [1.165, 1.54) is 0 Å². The molecule has 0 radical (unpaired) electrons. The SMILES string of the molecule is CCc1c(CC(=O)C(C)(C)C)cccc1OC. The Balaban J connectivity index is 3.03. The van der Waals surface area contributed by atoms with Gasteiger partial charge in [-0.15, -0.1) is 0 Å². The normalized spacial score (nSPS) is 11.4. The predicted octanol–water partition coefficient (Wildman–Crippen LogP) is 3.42. The van der Waals surface area contributed by atoms with E-state index in [1.807, 2.05) is 39.0 Å². The average Bonchev–Trinajstić information content (AvgIpc) is 2.27. The van der Waals surface area contributed by atoms with E-state index in [2.05, 4.69) is 6.92 Å². The first kappa shape index (κ1) is 13.8. The molecule has 1 aromatic rings. The van der Waals surface area contributed by atoms with E-state index in [0.717, 1.165) is 23.3 Å². The molecule has 94 valence electrons. The van der Waals surface area contributed by atoms with Crippen molar-refractivity contribution in [3.8, 4) is 5.75 Å². The second kappa shape index (κ2) is 5.35. The van der Waals surface area contributed by atoms with Crippen LogP contribution in [0.25, 0.3) is 0 Å². The highest BCUT2D eigenvalue weighted by Crippen LogP contribution is 2.25. The van der Waals surface area contributed by atoms with Gasteiger partial charge < -0.3 is 4.74 Å². The molecule has 0 aliphatic rings. The molecular formula is C15H22O2. The number of ether oxygens (including phenoxy) is 1. The molecule has 0 fully saturated rings. The van der Waals surface area contributed by atoms with Crippen LogP contribution >= 0.6 is 0 Å². The third kappa shape index (κ3) is 3.32. The van der Waals surface area contributed by atoms with Gasteiger partial charge in [0.1, 0.15) is 11.5 Å². The van der Waals surface area contributed by atoms with Gasteiger partial charge >= 0.3 is 0 Å². The molecule has 2 nitrogen and oxygen atoms in total. The second-order valence-electron chi connectivity index (χ2n) is 5.30. The lowest BCUT2D eigenvalue weighted by atomic mass is 9.86. The number of carbonyl (C=O) groups excluding carboxylic acids is 1. The molecule has 1 rings (SSSR count). The standard InChI is InChI=1S/C15H22O2/c1-6-12-11(8-7-9-13(12)17-5)10-14(16)15(2,3)4/h7-9H,6,10H2,1-5H3. The summed E-state index contributed by atoms with van der Waals surface area (Å²) in [5, 5.41) is 0. The van der Waals surface area contributed by atoms with Crippen molar-refractivity contribution in [3.05, 3.63) is 29.3 Å². The van der Waals surface area contributed by atoms with Crippen LogP contribution in [0.1, 0.15) is 38.8 Å². The van der Waals surface area contributed by atoms with Crippen molar-refractivity contribution in [2.75, 3.05) is 7.11 Å². The minimum Gasteiger partial charge on any atom is -0.496 e. The first-order chi connectivity index (χ1) is 7.90. The third-order valence-corrected chi connectivity index (χ3v) is 2.99. The lowest BCUT2D eigenvalue weighted by Crippen LogP contribution is -2.22. The van der Waals surface area contributed by atoms with E-state index in [0.29, 0.717) is 6.42 Å². The van der Waals surface area contributed by atoms with E-state index in [-0.39, 0.29) is 11.2 Å². The number of benzene rings is 1. The lowest BCUT2D eigenvalue weighted by molar-refractivity contribution is -0.125. The zero-order valence-corrected chi connectivity index (χ0v) is 11.5. The molecule has 0 aliphatic heterocycles. The topological polar surface area (TPSA) is 26.3 Å². The van der Waals surface area contributed by atoms with Crippen molar-refractivity contribution < 1.29 is 9.53 Å². The number of methoxy groups -OCH3 is 1. The number of hydrogen-bond acceptors (Lipinski definition) is 2. The molecule has 0 amide bonds. The van der Waals surface area contributed by atoms with E-state index in [1.54, 1.807) is 7.11 Å². The van der Waals surface area contributed by atoms with Crippen LogP contribution in [0.5, 0.6) is 5.75 Å². The largest absolute Gasteiger partial charge is 0.496 e. The fourth-order valence-corrected chi connectivity index (χ4v) is 1.81. The molecule has 0 spiro atoms. The van der Waals surface area contributed by atoms with E-state index in [9.17, 15) is 4.79 Å². The Bertz CT molecular complexity index is 400. The van der Waals surface area contributed by atoms with Gasteiger partial charge in [0.25, 0.3) is 0 Å². The highest BCUT2D eigenvalue weighted by Gasteiger charge is 2.22. The van der Waals surface area contributed by atoms with Crippen molar-refractivity contribution in [1.82, 2.24) is 0 Å². The zero-order chi connectivity index (χ0) is 13.1. The van der Waals surface area contributed by atoms with Gasteiger partial charge in [-0.2, -0.15) is 0 Å². The molecule has 0 saturated carbocycles. The summed E-state index contributed by atoms with van der Waals surface area (Å²) in [6, 6.07) is 5.91. The first-order valence-corrected chi connectivity index (χ1v) is 6.08. The molecule has 1 aromatic carbocycles. The lowest BCUT2D eigenvalue weighted by Gasteiger charge is -2.18. The number of rotatable bonds is 4. The maximum absolute atomic E-state index is 12.1. The molecule has 0 unspecified atom stereocenters. The highest BCUT2D eigenvalue weighted by atomic mass is 16.5. The third-order valence-electron chi connectivity index (χ3n) is 2.99. The Labute approximate surface area is 104 Å². The molecule has 0 atom stereocenters. The van der Waals surface area contributed by atoms with Crippen LogP contribution in [0.2, 0.25) is 0 Å². The Morgan fingerprint density at radius 3 is 2.41 bits per heavy atom. The van der Waals surface area contributed by atoms with Gasteiger partial charge in [-0.05, 0) is 23.6 Å². The minimum atomic E-state index is -0.284. The van der Waals surface area contributed by atoms with Crippen molar-refractivity contribution in [2.45, 2.75) is 40.5 Å². The molecule has 0 heterocycles. The van der Waals surface area contributed by atoms with Gasteiger partial charge in [0.05, 0.1) is 7.11 Å². The quantitative estimate of drug-likeness (QED) is 0.798. The molecule has 0 aromatic heterocycles. The summed E-state index contributed by atoms with van der Waals surface area (Å²) in [6.45, 7) is 7.96. The Kier molecular flexibility index (Phi) is 4.33. The summed E-state index contributed by atoms with van der Waals surface area (Å²) in [5.41, 5.74) is 1.95. The fourth-order valence-electron chi connectivity index (χ4n) is 1.81. The molecule has 0 saturated heterocycles. The zero-order valence-electron chi connectivity index (χ0n) is 11.5. The molecule has 0 bridgehead atoms.